The van der Waals surface area contributed by atoms with Crippen molar-refractivity contribution in [2.45, 2.75) is 58.2 Å². The molecule has 6 heterocycles. The molecule has 3 aromatic heterocycles. The minimum Gasteiger partial charge on any atom is -0.482 e. The minimum absolute atomic E-state index is 0.0194. The van der Waals surface area contributed by atoms with E-state index in [1.54, 1.807) is 18.2 Å². The van der Waals surface area contributed by atoms with Gasteiger partial charge in [-0.25, -0.2) is 44.1 Å². The van der Waals surface area contributed by atoms with E-state index in [-0.39, 0.29) is 104 Å². The topological polar surface area (TPSA) is 213 Å². The third kappa shape index (κ3) is 13.4. The van der Waals surface area contributed by atoms with Crippen LogP contribution < -0.4 is 30.2 Å². The van der Waals surface area contributed by atoms with Crippen LogP contribution in [-0.2, 0) is 52.2 Å². The van der Waals surface area contributed by atoms with Crippen molar-refractivity contribution in [3.63, 3.8) is 0 Å². The summed E-state index contributed by atoms with van der Waals surface area (Å²) in [5, 5.41) is 21.1. The van der Waals surface area contributed by atoms with Gasteiger partial charge in [0.1, 0.15) is 74.2 Å². The van der Waals surface area contributed by atoms with Gasteiger partial charge in [-0.1, -0.05) is 18.2 Å². The molecule has 0 saturated heterocycles. The summed E-state index contributed by atoms with van der Waals surface area (Å²) >= 11 is 0. The molecule has 3 N–H and O–H groups in total. The summed E-state index contributed by atoms with van der Waals surface area (Å²) in [7, 11) is -6.05. The third-order valence-electron chi connectivity index (χ3n) is 14.9. The van der Waals surface area contributed by atoms with E-state index in [1.165, 1.54) is 93.6 Å². The largest absolute Gasteiger partial charge is 0.482 e. The summed E-state index contributed by atoms with van der Waals surface area (Å²) in [5.41, 5.74) is 3.34. The number of carbonyl (C=O) groups excluding carboxylic acids is 3. The van der Waals surface area contributed by atoms with E-state index in [4.69, 9.17) is 27.8 Å². The van der Waals surface area contributed by atoms with Crippen molar-refractivity contribution in [2.75, 3.05) is 55.6 Å². The Morgan fingerprint density at radius 2 is 0.674 bits per heavy atom. The molecule has 476 valence electrons. The van der Waals surface area contributed by atoms with Crippen LogP contribution in [0.1, 0.15) is 17.1 Å². The highest BCUT2D eigenvalue weighted by molar-refractivity contribution is 7.48. The Kier molecular flexibility index (Phi) is 16.6. The number of fused-ring (bicyclic) bond motifs is 3. The number of ether oxygens (including phenoxy) is 3. The third-order valence-corrected chi connectivity index (χ3v) is 16.2. The molecular weight excluding hydrogens is 1240 g/mol. The van der Waals surface area contributed by atoms with Gasteiger partial charge in [-0.2, -0.15) is 15.3 Å². The Morgan fingerprint density at radius 1 is 0.424 bits per heavy atom. The smallest absolute Gasteiger partial charge is 0.475 e. The van der Waals surface area contributed by atoms with Crippen molar-refractivity contribution in [1.29, 1.82) is 0 Å². The number of hydrogen-bond acceptors (Lipinski definition) is 13. The average molecular weight is 1300 g/mol. The Balaban J connectivity index is 0.863. The highest BCUT2D eigenvalue weighted by Crippen LogP contribution is 2.53. The number of nitrogens with zero attached hydrogens (tertiary/aromatic N) is 6. The molecule has 3 aliphatic heterocycles. The number of rotatable bonds is 21. The molecule has 0 saturated carbocycles. The quantitative estimate of drug-likeness (QED) is 0.0452. The first-order chi connectivity index (χ1) is 43.7. The van der Waals surface area contributed by atoms with E-state index < -0.39 is 100 Å². The summed E-state index contributed by atoms with van der Waals surface area (Å²) in [4.78, 5) is 36.8. The maximum absolute atomic E-state index is 16.8. The van der Waals surface area contributed by atoms with Crippen LogP contribution in [0.5, 0.6) is 17.2 Å². The molecule has 0 spiro atoms. The van der Waals surface area contributed by atoms with Gasteiger partial charge in [0.15, 0.2) is 19.8 Å². The number of anilines is 3. The fourth-order valence-corrected chi connectivity index (χ4v) is 12.2. The zero-order chi connectivity index (χ0) is 65.0. The first-order valence-electron chi connectivity index (χ1n) is 28.1. The number of aromatic nitrogens is 6. The molecule has 3 amide bonds. The average Bonchev–Trinajstić information content (AvgIpc) is 1.61. The van der Waals surface area contributed by atoms with Crippen LogP contribution in [0.15, 0.2) is 127 Å². The summed E-state index contributed by atoms with van der Waals surface area (Å²) in [6, 6.07) is 28.0. The van der Waals surface area contributed by atoms with Crippen molar-refractivity contribution in [3.8, 4) is 84.4 Å². The predicted octanol–water partition coefficient (Wildman–Crippen LogP) is 13.1. The maximum Gasteiger partial charge on any atom is 0.475 e. The number of aryl methyl sites for hydroxylation is 3. The van der Waals surface area contributed by atoms with Crippen molar-refractivity contribution in [2.24, 2.45) is 0 Å². The van der Waals surface area contributed by atoms with Crippen LogP contribution in [0.25, 0.3) is 67.2 Å². The van der Waals surface area contributed by atoms with Crippen LogP contribution in [-0.4, -0.2) is 104 Å². The lowest BCUT2D eigenvalue weighted by atomic mass is 9.98. The van der Waals surface area contributed by atoms with E-state index >= 15 is 26.3 Å². The molecule has 0 radical (unpaired) electrons. The van der Waals surface area contributed by atoms with E-state index in [0.717, 1.165) is 50.4 Å². The highest BCUT2D eigenvalue weighted by Gasteiger charge is 2.45. The van der Waals surface area contributed by atoms with Crippen LogP contribution in [0.2, 0.25) is 0 Å². The standard InChI is InChI=1S/C63H51F9N9O10P/c1-34-55(40-10-19-49-46(22-40)73-52(82)25-86-49)58(37-4-13-43(64)14-5-37)79(76-34)28-61(67,68)31-89-92(85,90-32-62(69,70)29-80-59(38-6-15-44(65)16-7-38)56(35(2)77-80)41-11-20-50-47(23-41)74-53(83)26-87-50)91-33-63(71,72)30-81-60(39-8-17-45(66)18-9-39)57(36(3)78-81)42-12-21-51-48(24-42)75-54(84)27-88-51/h4-24H,25-33H2,1-3H3,(H,73,82)(H,74,83)(H,75,84). The van der Waals surface area contributed by atoms with E-state index in [0.29, 0.717) is 33.9 Å². The Morgan fingerprint density at radius 3 is 0.935 bits per heavy atom. The van der Waals surface area contributed by atoms with Crippen molar-refractivity contribution in [1.82, 2.24) is 29.3 Å². The minimum atomic E-state index is -6.05. The molecule has 29 heteroatoms. The second-order valence-electron chi connectivity index (χ2n) is 21.9. The number of phosphoric acid groups is 1. The second-order valence-corrected chi connectivity index (χ2v) is 23.6. The fraction of sp³-hybridized carbons (Fsp3) is 0.238. The fourth-order valence-electron chi connectivity index (χ4n) is 11.0. The Labute approximate surface area is 516 Å². The van der Waals surface area contributed by atoms with Crippen LogP contribution in [0.4, 0.5) is 56.6 Å². The van der Waals surface area contributed by atoms with Gasteiger partial charge >= 0.3 is 7.82 Å². The number of halogens is 9. The number of benzene rings is 6. The van der Waals surface area contributed by atoms with Crippen LogP contribution in [0, 0.1) is 38.2 Å². The Bertz CT molecular complexity index is 3990. The first-order valence-corrected chi connectivity index (χ1v) is 29.6. The van der Waals surface area contributed by atoms with Crippen molar-refractivity contribution in [3.05, 3.63) is 162 Å². The molecule has 0 aliphatic carbocycles. The molecule has 0 unspecified atom stereocenters. The molecule has 0 atom stereocenters. The van der Waals surface area contributed by atoms with Crippen molar-refractivity contribution < 1.29 is 86.2 Å². The van der Waals surface area contributed by atoms with Gasteiger partial charge < -0.3 is 30.2 Å². The van der Waals surface area contributed by atoms with Gasteiger partial charge in [-0.3, -0.25) is 42.0 Å². The van der Waals surface area contributed by atoms with Gasteiger partial charge in [0.2, 0.25) is 0 Å². The molecule has 9 aromatic rings. The van der Waals surface area contributed by atoms with Crippen LogP contribution >= 0.6 is 7.82 Å². The number of carbonyl (C=O) groups is 3. The molecule has 0 fully saturated rings. The first kappa shape index (κ1) is 62.4. The molecule has 6 aromatic carbocycles. The van der Waals surface area contributed by atoms with Gasteiger partial charge in [-0.15, -0.1) is 0 Å². The number of amides is 3. The summed E-state index contributed by atoms with van der Waals surface area (Å²) < 4.78 is 193. The number of nitrogens with one attached hydrogen (secondary N) is 3. The monoisotopic (exact) mass is 1300 g/mol. The molecule has 0 bridgehead atoms. The molecule has 19 nitrogen and oxygen atoms in total. The maximum atomic E-state index is 16.8. The molecule has 3 aliphatic rings. The summed E-state index contributed by atoms with van der Waals surface area (Å²) in [5.74, 6) is -15.2. The van der Waals surface area contributed by atoms with Gasteiger partial charge in [0, 0.05) is 33.4 Å². The highest BCUT2D eigenvalue weighted by atomic mass is 31.2. The summed E-state index contributed by atoms with van der Waals surface area (Å²) in [6.45, 7) is -6.69. The number of hydrogen-bond donors (Lipinski definition) is 3. The number of phosphoric ester groups is 1. The van der Waals surface area contributed by atoms with E-state index in [2.05, 4.69) is 31.2 Å². The molecule has 12 rings (SSSR count). The lowest BCUT2D eigenvalue weighted by molar-refractivity contribution is -0.119. The normalized spacial score (nSPS) is 14.1. The van der Waals surface area contributed by atoms with E-state index in [9.17, 15) is 32.1 Å². The second kappa shape index (κ2) is 24.5. The molecular formula is C63H51F9N9O10P. The lowest BCUT2D eigenvalue weighted by Gasteiger charge is -2.26. The molecule has 92 heavy (non-hydrogen) atoms. The Hall–Kier alpha value is -9.76. The summed E-state index contributed by atoms with van der Waals surface area (Å²) in [6.07, 6.45) is 0. The number of alkyl halides is 6. The van der Waals surface area contributed by atoms with E-state index in [1.807, 2.05) is 0 Å². The predicted molar refractivity (Wildman–Crippen MR) is 316 cm³/mol. The van der Waals surface area contributed by atoms with Crippen molar-refractivity contribution >= 4 is 42.6 Å². The zero-order valence-electron chi connectivity index (χ0n) is 48.6. The zero-order valence-corrected chi connectivity index (χ0v) is 49.5. The van der Waals surface area contributed by atoms with Gasteiger partial charge in [-0.05, 0) is 147 Å². The SMILES string of the molecule is Cc1nn(CC(F)(F)COP(=O)(OCC(F)(F)Cn2nc(C)c(-c3ccc4c(c3)NC(=O)CO4)c2-c2ccc(F)cc2)OCC(F)(F)Cn2nc(C)c(-c3ccc4c(c3)NC(=O)CO4)c2-c2ccc(F)cc2)c(-c2ccc(F)cc2)c1-c1ccc2c(c1)NC(=O)CO2. The lowest BCUT2D eigenvalue weighted by Crippen LogP contribution is -2.34. The van der Waals surface area contributed by atoms with Gasteiger partial charge in [0.05, 0.1) is 51.2 Å². The van der Waals surface area contributed by atoms with Crippen LogP contribution in [0.3, 0.4) is 0 Å². The van der Waals surface area contributed by atoms with Gasteiger partial charge in [0.25, 0.3) is 35.5 Å².